The van der Waals surface area contributed by atoms with Gasteiger partial charge in [-0.1, -0.05) is 37.8 Å². The molecular formula is C30H38F2N2O5. The van der Waals surface area contributed by atoms with Gasteiger partial charge >= 0.3 is 0 Å². The van der Waals surface area contributed by atoms with Crippen molar-refractivity contribution >= 4 is 17.5 Å². The summed E-state index contributed by atoms with van der Waals surface area (Å²) in [5.41, 5.74) is 1.68. The number of carbonyl (C=O) groups is 2. The molecule has 0 unspecified atom stereocenters. The Morgan fingerprint density at radius 2 is 1.82 bits per heavy atom. The number of hydrogen-bond acceptors (Lipinski definition) is 5. The molecule has 2 aromatic carbocycles. The van der Waals surface area contributed by atoms with Gasteiger partial charge in [-0.05, 0) is 61.8 Å². The van der Waals surface area contributed by atoms with Gasteiger partial charge in [-0.15, -0.1) is 0 Å². The van der Waals surface area contributed by atoms with Crippen LogP contribution in [-0.4, -0.2) is 54.2 Å². The Balaban J connectivity index is 1.21. The van der Waals surface area contributed by atoms with E-state index in [-0.39, 0.29) is 49.8 Å². The molecule has 1 fully saturated rings. The fourth-order valence-electron chi connectivity index (χ4n) is 5.40. The first-order chi connectivity index (χ1) is 18.9. The van der Waals surface area contributed by atoms with E-state index in [2.05, 4.69) is 5.32 Å². The lowest BCUT2D eigenvalue weighted by molar-refractivity contribution is -0.135. The highest BCUT2D eigenvalue weighted by atomic mass is 19.1. The highest BCUT2D eigenvalue weighted by molar-refractivity contribution is 5.97. The number of amides is 2. The van der Waals surface area contributed by atoms with Gasteiger partial charge in [0.05, 0.1) is 19.6 Å². The van der Waals surface area contributed by atoms with E-state index in [4.69, 9.17) is 9.47 Å². The Morgan fingerprint density at radius 1 is 1.03 bits per heavy atom. The van der Waals surface area contributed by atoms with Crippen LogP contribution in [0.2, 0.25) is 0 Å². The van der Waals surface area contributed by atoms with E-state index in [1.54, 1.807) is 6.07 Å². The molecule has 1 heterocycles. The molecule has 2 aliphatic rings. The van der Waals surface area contributed by atoms with Crippen molar-refractivity contribution in [3.05, 3.63) is 53.1 Å². The van der Waals surface area contributed by atoms with Crippen LogP contribution in [0.25, 0.3) is 0 Å². The van der Waals surface area contributed by atoms with Crippen molar-refractivity contribution in [2.75, 3.05) is 31.7 Å². The predicted molar refractivity (Wildman–Crippen MR) is 144 cm³/mol. The second-order valence-corrected chi connectivity index (χ2v) is 10.3. The molecule has 2 amide bonds. The molecule has 4 rings (SSSR count). The lowest BCUT2D eigenvalue weighted by atomic mass is 9.93. The zero-order chi connectivity index (χ0) is 27.6. The third-order valence-corrected chi connectivity index (χ3v) is 7.50. The first-order valence-electron chi connectivity index (χ1n) is 14.0. The van der Waals surface area contributed by atoms with E-state index in [0.29, 0.717) is 30.0 Å². The summed E-state index contributed by atoms with van der Waals surface area (Å²) in [6.45, 7) is 1.18. The van der Waals surface area contributed by atoms with Crippen molar-refractivity contribution in [3.63, 3.8) is 0 Å². The molecule has 0 atom stereocenters. The average molecular weight is 545 g/mol. The number of phenols is 1. The number of nitrogens with zero attached hydrogens (tertiary/aromatic N) is 1. The molecule has 0 aromatic heterocycles. The summed E-state index contributed by atoms with van der Waals surface area (Å²) in [6.07, 6.45) is 9.60. The second-order valence-electron chi connectivity index (χ2n) is 10.3. The van der Waals surface area contributed by atoms with Gasteiger partial charge in [0.25, 0.3) is 5.91 Å². The molecule has 7 nitrogen and oxygen atoms in total. The lowest BCUT2D eigenvalue weighted by Crippen LogP contribution is -2.42. The monoisotopic (exact) mass is 544 g/mol. The smallest absolute Gasteiger partial charge is 0.262 e. The number of rotatable bonds is 13. The molecule has 0 saturated heterocycles. The molecule has 1 aliphatic heterocycles. The number of nitrogens with one attached hydrogen (secondary N) is 1. The number of anilines is 1. The van der Waals surface area contributed by atoms with Crippen LogP contribution in [0.1, 0.15) is 68.9 Å². The van der Waals surface area contributed by atoms with Crippen LogP contribution in [0.3, 0.4) is 0 Å². The molecule has 212 valence electrons. The average Bonchev–Trinajstić information content (AvgIpc) is 2.93. The van der Waals surface area contributed by atoms with Crippen LogP contribution in [0.4, 0.5) is 14.5 Å². The molecule has 2 aromatic rings. The summed E-state index contributed by atoms with van der Waals surface area (Å²) >= 11 is 0. The molecule has 0 bridgehead atoms. The van der Waals surface area contributed by atoms with E-state index in [1.807, 2.05) is 11.0 Å². The second kappa shape index (κ2) is 14.3. The molecule has 2 N–H and O–H groups in total. The minimum Gasteiger partial charge on any atom is -0.506 e. The van der Waals surface area contributed by atoms with Gasteiger partial charge in [0.2, 0.25) is 5.91 Å². The number of aromatic hydroxyl groups is 1. The Bertz CT molecular complexity index is 1140. The molecule has 39 heavy (non-hydrogen) atoms. The maximum absolute atomic E-state index is 13.8. The number of aryl methyl sites for hydroxylation is 1. The van der Waals surface area contributed by atoms with E-state index in [0.717, 1.165) is 63.0 Å². The Labute approximate surface area is 228 Å². The molecule has 0 radical (unpaired) electrons. The molecule has 0 spiro atoms. The SMILES string of the molecule is O=C1COc2c(CCCCCN(C(=O)CCOCCc3ccc(F)cc3F)C3CCCCC3)ccc(O)c2N1. The highest BCUT2D eigenvalue weighted by Gasteiger charge is 2.25. The van der Waals surface area contributed by atoms with Crippen LogP contribution >= 0.6 is 0 Å². The van der Waals surface area contributed by atoms with Crippen molar-refractivity contribution < 1.29 is 33.0 Å². The summed E-state index contributed by atoms with van der Waals surface area (Å²) in [4.78, 5) is 26.8. The molecule has 9 heteroatoms. The van der Waals surface area contributed by atoms with Crippen LogP contribution in [-0.2, 0) is 27.2 Å². The quantitative estimate of drug-likeness (QED) is 0.256. The number of unbranched alkanes of at least 4 members (excludes halogenated alkanes) is 2. The third kappa shape index (κ3) is 8.14. The number of hydrogen-bond donors (Lipinski definition) is 2. The van der Waals surface area contributed by atoms with E-state index >= 15 is 0 Å². The topological polar surface area (TPSA) is 88.1 Å². The highest BCUT2D eigenvalue weighted by Crippen LogP contribution is 2.39. The van der Waals surface area contributed by atoms with Gasteiger partial charge in [-0.2, -0.15) is 0 Å². The van der Waals surface area contributed by atoms with E-state index in [9.17, 15) is 23.5 Å². The number of halogens is 2. The number of phenolic OH excluding ortho intramolecular Hbond substituents is 1. The van der Waals surface area contributed by atoms with Crippen LogP contribution in [0.5, 0.6) is 11.5 Å². The maximum Gasteiger partial charge on any atom is 0.262 e. The Kier molecular flexibility index (Phi) is 10.5. The standard InChI is InChI=1S/C30H38F2N2O5/c31-23-12-10-21(25(32)19-23)14-17-38-18-15-28(37)34(24-8-4-1-5-9-24)16-6-2-3-7-22-11-13-26(35)29-30(22)39-20-27(36)33-29/h10-13,19,24,35H,1-9,14-18,20H2,(H,33,36). The van der Waals surface area contributed by atoms with Gasteiger partial charge in [0.1, 0.15) is 23.1 Å². The zero-order valence-electron chi connectivity index (χ0n) is 22.4. The summed E-state index contributed by atoms with van der Waals surface area (Å²) in [7, 11) is 0. The Hall–Kier alpha value is -3.20. The number of benzene rings is 2. The molecule has 1 aliphatic carbocycles. The van der Waals surface area contributed by atoms with Gasteiger partial charge in [-0.25, -0.2) is 8.78 Å². The van der Waals surface area contributed by atoms with Crippen molar-refractivity contribution in [2.45, 2.75) is 76.7 Å². The largest absolute Gasteiger partial charge is 0.506 e. The number of carbonyl (C=O) groups excluding carboxylic acids is 2. The van der Waals surface area contributed by atoms with E-state index in [1.165, 1.54) is 18.6 Å². The predicted octanol–water partition coefficient (Wildman–Crippen LogP) is 5.52. The first kappa shape index (κ1) is 28.8. The Morgan fingerprint density at radius 3 is 2.62 bits per heavy atom. The summed E-state index contributed by atoms with van der Waals surface area (Å²) in [6, 6.07) is 7.19. The number of ether oxygens (including phenoxy) is 2. The first-order valence-corrected chi connectivity index (χ1v) is 14.0. The fraction of sp³-hybridized carbons (Fsp3) is 0.533. The minimum absolute atomic E-state index is 0.00460. The summed E-state index contributed by atoms with van der Waals surface area (Å²) in [5, 5.41) is 12.7. The normalized spacial score (nSPS) is 15.4. The van der Waals surface area contributed by atoms with Gasteiger partial charge in [0.15, 0.2) is 12.4 Å². The molecule has 1 saturated carbocycles. The van der Waals surface area contributed by atoms with Crippen molar-refractivity contribution in [2.24, 2.45) is 0 Å². The van der Waals surface area contributed by atoms with Crippen molar-refractivity contribution in [1.29, 1.82) is 0 Å². The van der Waals surface area contributed by atoms with Gasteiger partial charge in [-0.3, -0.25) is 9.59 Å². The van der Waals surface area contributed by atoms with E-state index < -0.39 is 11.6 Å². The third-order valence-electron chi connectivity index (χ3n) is 7.50. The lowest BCUT2D eigenvalue weighted by Gasteiger charge is -2.34. The molecular weight excluding hydrogens is 506 g/mol. The zero-order valence-corrected chi connectivity index (χ0v) is 22.4. The van der Waals surface area contributed by atoms with Crippen molar-refractivity contribution in [3.8, 4) is 11.5 Å². The van der Waals surface area contributed by atoms with Crippen LogP contribution in [0.15, 0.2) is 30.3 Å². The summed E-state index contributed by atoms with van der Waals surface area (Å²) < 4.78 is 38.0. The maximum atomic E-state index is 13.8. The summed E-state index contributed by atoms with van der Waals surface area (Å²) in [5.74, 6) is -0.844. The van der Waals surface area contributed by atoms with Crippen LogP contribution in [0, 0.1) is 11.6 Å². The van der Waals surface area contributed by atoms with Gasteiger partial charge < -0.3 is 24.8 Å². The van der Waals surface area contributed by atoms with Crippen molar-refractivity contribution in [1.82, 2.24) is 4.90 Å². The fourth-order valence-corrected chi connectivity index (χ4v) is 5.40. The van der Waals surface area contributed by atoms with Crippen LogP contribution < -0.4 is 10.1 Å². The number of fused-ring (bicyclic) bond motifs is 1. The van der Waals surface area contributed by atoms with Gasteiger partial charge in [0, 0.05) is 18.7 Å². The minimum atomic E-state index is -0.603.